The molecule has 0 bridgehead atoms. The topological polar surface area (TPSA) is 212 Å². The summed E-state index contributed by atoms with van der Waals surface area (Å²) >= 11 is 0. The van der Waals surface area contributed by atoms with Crippen molar-refractivity contribution in [3.05, 3.63) is 66.0 Å². The van der Waals surface area contributed by atoms with Crippen molar-refractivity contribution in [2.45, 2.75) is 44.2 Å². The van der Waals surface area contributed by atoms with Crippen LogP contribution >= 0.6 is 0 Å². The Morgan fingerprint density at radius 2 is 1.50 bits per heavy atom. The first-order valence-corrected chi connectivity index (χ1v) is 14.7. The summed E-state index contributed by atoms with van der Waals surface area (Å²) in [4.78, 5) is 49.4. The molecule has 15 nitrogen and oxygen atoms in total. The molecule has 5 rings (SSSR count). The molecule has 0 unspecified atom stereocenters. The van der Waals surface area contributed by atoms with E-state index in [1.807, 2.05) is 0 Å². The van der Waals surface area contributed by atoms with Crippen molar-refractivity contribution >= 4 is 23.7 Å². The molecule has 3 heterocycles. The molecule has 1 aliphatic heterocycles. The number of rotatable bonds is 13. The number of hydrogen-bond acceptors (Lipinski definition) is 11. The van der Waals surface area contributed by atoms with E-state index >= 15 is 0 Å². The number of aliphatic carboxylic acids is 2. The maximum atomic E-state index is 13.7. The SMILES string of the molecule is COC(=O)[C@H](Cc1ccc(O)cc1)n1cc(-c2cc(C(=O)C3CCNCC3)cc(-c3cn([C@@H](CCC(=O)O)C(=O)O)nn3)c2)nn1. The highest BCUT2D eigenvalue weighted by Crippen LogP contribution is 2.30. The van der Waals surface area contributed by atoms with E-state index in [1.165, 1.54) is 30.1 Å². The number of ketones is 1. The summed E-state index contributed by atoms with van der Waals surface area (Å²) in [6.45, 7) is 1.43. The van der Waals surface area contributed by atoms with E-state index in [9.17, 15) is 29.4 Å². The van der Waals surface area contributed by atoms with Gasteiger partial charge in [0, 0.05) is 35.4 Å². The lowest BCUT2D eigenvalue weighted by atomic mass is 9.88. The first-order chi connectivity index (χ1) is 22.1. The van der Waals surface area contributed by atoms with Gasteiger partial charge in [-0.05, 0) is 68.2 Å². The molecular formula is C31H33N7O8. The number of Topliss-reactive ketones (excluding diaryl/α,β-unsaturated/α-hetero) is 1. The summed E-state index contributed by atoms with van der Waals surface area (Å²) in [5, 5.41) is 48.2. The third-order valence-corrected chi connectivity index (χ3v) is 7.93. The van der Waals surface area contributed by atoms with Gasteiger partial charge < -0.3 is 25.4 Å². The number of ether oxygens (including phenoxy) is 1. The lowest BCUT2D eigenvalue weighted by molar-refractivity contribution is -0.145. The molecule has 0 radical (unpaired) electrons. The van der Waals surface area contributed by atoms with Crippen LogP contribution in [0.1, 0.15) is 53.7 Å². The maximum Gasteiger partial charge on any atom is 0.331 e. The lowest BCUT2D eigenvalue weighted by Gasteiger charge is -2.21. The van der Waals surface area contributed by atoms with Gasteiger partial charge in [-0.3, -0.25) is 9.59 Å². The number of phenols is 1. The summed E-state index contributed by atoms with van der Waals surface area (Å²) in [5.41, 5.74) is 2.76. The minimum Gasteiger partial charge on any atom is -0.508 e. The minimum atomic E-state index is -1.25. The van der Waals surface area contributed by atoms with Crippen LogP contribution in [0.15, 0.2) is 54.9 Å². The third kappa shape index (κ3) is 7.43. The van der Waals surface area contributed by atoms with Gasteiger partial charge in [-0.25, -0.2) is 19.0 Å². The van der Waals surface area contributed by atoms with Crippen molar-refractivity contribution in [3.8, 4) is 28.3 Å². The quantitative estimate of drug-likeness (QED) is 0.124. The Kier molecular flexibility index (Phi) is 9.81. The minimum absolute atomic E-state index is 0.0611. The zero-order chi connectivity index (χ0) is 32.8. The van der Waals surface area contributed by atoms with Gasteiger partial charge in [0.05, 0.1) is 19.5 Å². The fraction of sp³-hybridized carbons (Fsp3) is 0.355. The van der Waals surface area contributed by atoms with E-state index in [1.54, 1.807) is 36.5 Å². The number of carbonyl (C=O) groups is 4. The number of methoxy groups -OCH3 is 1. The summed E-state index contributed by atoms with van der Waals surface area (Å²) in [6, 6.07) is 9.38. The highest BCUT2D eigenvalue weighted by atomic mass is 16.5. The number of carboxylic acid groups (broad SMARTS) is 2. The van der Waals surface area contributed by atoms with Crippen molar-refractivity contribution < 1.29 is 39.2 Å². The number of piperidine rings is 1. The first kappa shape index (κ1) is 32.0. The van der Waals surface area contributed by atoms with Crippen LogP contribution in [0.2, 0.25) is 0 Å². The fourth-order valence-corrected chi connectivity index (χ4v) is 5.41. The number of hydrogen-bond donors (Lipinski definition) is 4. The maximum absolute atomic E-state index is 13.7. The van der Waals surface area contributed by atoms with E-state index in [4.69, 9.17) is 9.84 Å². The Balaban J connectivity index is 1.52. The van der Waals surface area contributed by atoms with Crippen LogP contribution in [-0.2, 0) is 25.5 Å². The van der Waals surface area contributed by atoms with E-state index < -0.39 is 30.0 Å². The molecule has 46 heavy (non-hydrogen) atoms. The molecule has 4 aromatic rings. The number of benzene rings is 2. The van der Waals surface area contributed by atoms with Crippen LogP contribution in [0, 0.1) is 5.92 Å². The predicted molar refractivity (Wildman–Crippen MR) is 161 cm³/mol. The van der Waals surface area contributed by atoms with Gasteiger partial charge in [0.1, 0.15) is 17.1 Å². The van der Waals surface area contributed by atoms with Crippen LogP contribution in [0.3, 0.4) is 0 Å². The normalized spacial score (nSPS) is 14.8. The number of carbonyl (C=O) groups excluding carboxylic acids is 2. The van der Waals surface area contributed by atoms with Gasteiger partial charge in [-0.15, -0.1) is 10.2 Å². The molecule has 0 saturated carbocycles. The van der Waals surface area contributed by atoms with Crippen molar-refractivity contribution in [2.75, 3.05) is 20.2 Å². The van der Waals surface area contributed by atoms with Gasteiger partial charge in [0.25, 0.3) is 0 Å². The highest BCUT2D eigenvalue weighted by Gasteiger charge is 2.27. The Bertz CT molecular complexity index is 1730. The molecule has 2 aromatic heterocycles. The van der Waals surface area contributed by atoms with E-state index in [0.717, 1.165) is 10.2 Å². The van der Waals surface area contributed by atoms with Gasteiger partial charge in [-0.2, -0.15) is 0 Å². The zero-order valence-electron chi connectivity index (χ0n) is 24.9. The smallest absolute Gasteiger partial charge is 0.331 e. The molecular weight excluding hydrogens is 598 g/mol. The summed E-state index contributed by atoms with van der Waals surface area (Å²) in [6.07, 6.45) is 3.97. The van der Waals surface area contributed by atoms with Gasteiger partial charge >= 0.3 is 17.9 Å². The summed E-state index contributed by atoms with van der Waals surface area (Å²) in [5.74, 6) is -3.10. The molecule has 1 saturated heterocycles. The zero-order valence-corrected chi connectivity index (χ0v) is 24.9. The summed E-state index contributed by atoms with van der Waals surface area (Å²) in [7, 11) is 1.27. The van der Waals surface area contributed by atoms with Crippen LogP contribution in [0.4, 0.5) is 0 Å². The second-order valence-electron chi connectivity index (χ2n) is 11.1. The highest BCUT2D eigenvalue weighted by molar-refractivity contribution is 6.00. The molecule has 4 N–H and O–H groups in total. The van der Waals surface area contributed by atoms with Crippen molar-refractivity contribution in [1.82, 2.24) is 35.3 Å². The molecule has 2 aromatic carbocycles. The number of nitrogens with one attached hydrogen (secondary N) is 1. The van der Waals surface area contributed by atoms with Crippen LogP contribution in [0.5, 0.6) is 5.75 Å². The molecule has 1 fully saturated rings. The number of phenolic OH excluding ortho intramolecular Hbond substituents is 1. The van der Waals surface area contributed by atoms with E-state index in [0.29, 0.717) is 48.3 Å². The number of esters is 1. The number of aromatic nitrogens is 6. The number of aromatic hydroxyl groups is 1. The Labute approximate surface area is 262 Å². The summed E-state index contributed by atoms with van der Waals surface area (Å²) < 4.78 is 7.50. The van der Waals surface area contributed by atoms with Crippen molar-refractivity contribution in [3.63, 3.8) is 0 Å². The largest absolute Gasteiger partial charge is 0.508 e. The van der Waals surface area contributed by atoms with Crippen molar-refractivity contribution in [2.24, 2.45) is 5.92 Å². The van der Waals surface area contributed by atoms with Crippen LogP contribution in [-0.4, -0.2) is 89.2 Å². The Morgan fingerprint density at radius 3 is 2.04 bits per heavy atom. The molecule has 0 amide bonds. The molecule has 2 atom stereocenters. The molecule has 0 aliphatic carbocycles. The molecule has 15 heteroatoms. The average molecular weight is 632 g/mol. The van der Waals surface area contributed by atoms with Gasteiger partial charge in [-0.1, -0.05) is 22.6 Å². The van der Waals surface area contributed by atoms with Gasteiger partial charge in [0.15, 0.2) is 17.9 Å². The first-order valence-electron chi connectivity index (χ1n) is 14.7. The van der Waals surface area contributed by atoms with Gasteiger partial charge in [0.2, 0.25) is 0 Å². The molecule has 240 valence electrons. The number of carboxylic acids is 2. The van der Waals surface area contributed by atoms with Crippen molar-refractivity contribution in [1.29, 1.82) is 0 Å². The third-order valence-electron chi connectivity index (χ3n) is 7.93. The van der Waals surface area contributed by atoms with E-state index in [-0.39, 0.29) is 42.4 Å². The fourth-order valence-electron chi connectivity index (χ4n) is 5.41. The predicted octanol–water partition coefficient (Wildman–Crippen LogP) is 2.54. The number of nitrogens with zero attached hydrogens (tertiary/aromatic N) is 6. The second-order valence-corrected chi connectivity index (χ2v) is 11.1. The van der Waals surface area contributed by atoms with Crippen LogP contribution < -0.4 is 5.32 Å². The van der Waals surface area contributed by atoms with E-state index in [2.05, 4.69) is 25.9 Å². The standard InChI is InChI=1S/C31H33N7O8/c1-46-31(45)27(12-18-2-4-23(39)5-3-18)38-17-25(34-36-38)21-13-20(14-22(15-21)29(42)19-8-10-32-11-9-19)24-16-37(35-33-24)26(30(43)44)6-7-28(40)41/h2-5,13-17,19,26-27,32,39H,6-12H2,1H3,(H,40,41)(H,43,44)/t26-,27-/m0/s1. The van der Waals surface area contributed by atoms with Crippen LogP contribution in [0.25, 0.3) is 22.5 Å². The molecule has 1 aliphatic rings. The Morgan fingerprint density at radius 1 is 0.913 bits per heavy atom. The Hall–Kier alpha value is -5.44. The second kappa shape index (κ2) is 14.1. The monoisotopic (exact) mass is 631 g/mol. The lowest BCUT2D eigenvalue weighted by Crippen LogP contribution is -2.31. The average Bonchev–Trinajstić information content (AvgIpc) is 3.75. The molecule has 0 spiro atoms.